The summed E-state index contributed by atoms with van der Waals surface area (Å²) in [5.41, 5.74) is 12.1. The minimum atomic E-state index is -4.67. The molecule has 0 aromatic heterocycles. The van der Waals surface area contributed by atoms with Crippen molar-refractivity contribution in [2.75, 3.05) is 13.1 Å². The van der Waals surface area contributed by atoms with Gasteiger partial charge in [-0.05, 0) is 24.3 Å². The molecular formula is C12H20N4O4S. The largest absolute Gasteiger partial charge is 0.394 e. The van der Waals surface area contributed by atoms with Crippen LogP contribution in [0.4, 0.5) is 0 Å². The van der Waals surface area contributed by atoms with Crippen LogP contribution in [0.25, 0.3) is 0 Å². The van der Waals surface area contributed by atoms with Crippen molar-refractivity contribution < 1.29 is 17.5 Å². The predicted molar refractivity (Wildman–Crippen MR) is 80.0 cm³/mol. The third-order valence-electron chi connectivity index (χ3n) is 3.00. The maximum atomic E-state index is 8.74. The van der Waals surface area contributed by atoms with E-state index >= 15 is 0 Å². The number of hydrazone groups is 1. The summed E-state index contributed by atoms with van der Waals surface area (Å²) in [6.07, 6.45) is 2.22. The van der Waals surface area contributed by atoms with E-state index in [2.05, 4.69) is 35.4 Å². The second kappa shape index (κ2) is 7.81. The number of benzene rings is 1. The van der Waals surface area contributed by atoms with Crippen molar-refractivity contribution in [3.05, 3.63) is 35.9 Å². The highest BCUT2D eigenvalue weighted by molar-refractivity contribution is 7.79. The van der Waals surface area contributed by atoms with Crippen LogP contribution in [0.2, 0.25) is 0 Å². The topological polar surface area (TPSA) is 142 Å². The molecule has 1 heterocycles. The molecule has 6 N–H and O–H groups in total. The first-order valence-corrected chi connectivity index (χ1v) is 7.74. The third-order valence-corrected chi connectivity index (χ3v) is 3.00. The highest BCUT2D eigenvalue weighted by Gasteiger charge is 2.19. The van der Waals surface area contributed by atoms with Crippen LogP contribution < -0.4 is 11.5 Å². The van der Waals surface area contributed by atoms with Gasteiger partial charge in [0, 0.05) is 13.1 Å². The summed E-state index contributed by atoms with van der Waals surface area (Å²) in [5.74, 6) is 0.796. The molecule has 0 spiro atoms. The molecule has 0 radical (unpaired) electrons. The van der Waals surface area contributed by atoms with Crippen LogP contribution >= 0.6 is 0 Å². The number of nitrogens with two attached hydrogens (primary N) is 2. The molecule has 0 amide bonds. The SMILES string of the molecule is NC(N)=NN1CCC(c2ccccc2)CC1.O=S(=O)(O)O. The van der Waals surface area contributed by atoms with Crippen molar-refractivity contribution in [1.29, 1.82) is 0 Å². The van der Waals surface area contributed by atoms with E-state index in [1.54, 1.807) is 0 Å². The van der Waals surface area contributed by atoms with Crippen molar-refractivity contribution in [1.82, 2.24) is 5.01 Å². The number of rotatable bonds is 2. The van der Waals surface area contributed by atoms with E-state index in [1.165, 1.54) is 5.56 Å². The molecule has 0 bridgehead atoms. The van der Waals surface area contributed by atoms with Crippen LogP contribution in [0, 0.1) is 0 Å². The average Bonchev–Trinajstić information content (AvgIpc) is 2.38. The summed E-state index contributed by atoms with van der Waals surface area (Å²) in [7, 11) is -4.67. The molecule has 0 aliphatic carbocycles. The van der Waals surface area contributed by atoms with E-state index in [9.17, 15) is 0 Å². The van der Waals surface area contributed by atoms with E-state index in [4.69, 9.17) is 29.0 Å². The Hall–Kier alpha value is -1.84. The fraction of sp³-hybridized carbons (Fsp3) is 0.417. The Morgan fingerprint density at radius 2 is 1.62 bits per heavy atom. The lowest BCUT2D eigenvalue weighted by molar-refractivity contribution is 0.221. The summed E-state index contributed by atoms with van der Waals surface area (Å²) < 4.78 is 31.6. The van der Waals surface area contributed by atoms with E-state index in [0.717, 1.165) is 25.9 Å². The van der Waals surface area contributed by atoms with Gasteiger partial charge >= 0.3 is 10.4 Å². The number of piperidine rings is 1. The van der Waals surface area contributed by atoms with Crippen LogP contribution in [0.5, 0.6) is 0 Å². The second-order valence-corrected chi connectivity index (χ2v) is 5.51. The van der Waals surface area contributed by atoms with Gasteiger partial charge in [-0.1, -0.05) is 30.3 Å². The zero-order valence-corrected chi connectivity index (χ0v) is 12.3. The van der Waals surface area contributed by atoms with Gasteiger partial charge in [0.05, 0.1) is 0 Å². The summed E-state index contributed by atoms with van der Waals surface area (Å²) >= 11 is 0. The third kappa shape index (κ3) is 8.12. The van der Waals surface area contributed by atoms with Gasteiger partial charge in [-0.3, -0.25) is 14.1 Å². The molecule has 0 atom stereocenters. The Morgan fingerprint density at radius 3 is 2.05 bits per heavy atom. The van der Waals surface area contributed by atoms with Gasteiger partial charge in [0.1, 0.15) is 0 Å². The van der Waals surface area contributed by atoms with Crippen LogP contribution in [0.15, 0.2) is 35.4 Å². The first-order chi connectivity index (χ1) is 9.75. The van der Waals surface area contributed by atoms with Gasteiger partial charge < -0.3 is 11.5 Å². The molecular weight excluding hydrogens is 296 g/mol. The highest BCUT2D eigenvalue weighted by Crippen LogP contribution is 2.27. The fourth-order valence-electron chi connectivity index (χ4n) is 2.19. The van der Waals surface area contributed by atoms with Gasteiger partial charge in [-0.15, -0.1) is 5.10 Å². The molecule has 21 heavy (non-hydrogen) atoms. The average molecular weight is 316 g/mol. The minimum Gasteiger partial charge on any atom is -0.369 e. The molecule has 1 saturated heterocycles. The summed E-state index contributed by atoms with van der Waals surface area (Å²) in [6.45, 7) is 1.86. The minimum absolute atomic E-state index is 0.151. The Labute approximate surface area is 124 Å². The summed E-state index contributed by atoms with van der Waals surface area (Å²) in [6, 6.07) is 10.6. The standard InChI is InChI=1S/C12H18N4.H2O4S/c13-12(14)15-16-8-6-11(7-9-16)10-4-2-1-3-5-10;1-5(2,3)4/h1-5,11H,6-9H2,(H4,13,14,15);(H2,1,2,3,4). The predicted octanol–water partition coefficient (Wildman–Crippen LogP) is 0.402. The Balaban J connectivity index is 0.000000383. The maximum Gasteiger partial charge on any atom is 0.394 e. The fourth-order valence-corrected chi connectivity index (χ4v) is 2.19. The molecule has 8 nitrogen and oxygen atoms in total. The van der Waals surface area contributed by atoms with E-state index < -0.39 is 10.4 Å². The van der Waals surface area contributed by atoms with Gasteiger partial charge in [0.15, 0.2) is 0 Å². The zero-order valence-electron chi connectivity index (χ0n) is 11.5. The van der Waals surface area contributed by atoms with Crippen molar-refractivity contribution in [3.63, 3.8) is 0 Å². The maximum absolute atomic E-state index is 8.74. The quantitative estimate of drug-likeness (QED) is 0.351. The van der Waals surface area contributed by atoms with Crippen molar-refractivity contribution in [3.8, 4) is 0 Å². The van der Waals surface area contributed by atoms with Crippen LogP contribution in [0.3, 0.4) is 0 Å². The van der Waals surface area contributed by atoms with Crippen molar-refractivity contribution in [2.24, 2.45) is 16.6 Å². The Morgan fingerprint density at radius 1 is 1.14 bits per heavy atom. The molecule has 0 unspecified atom stereocenters. The molecule has 0 saturated carbocycles. The molecule has 1 aromatic rings. The lowest BCUT2D eigenvalue weighted by atomic mass is 9.90. The molecule has 1 aliphatic heterocycles. The first-order valence-electron chi connectivity index (χ1n) is 6.35. The molecule has 1 fully saturated rings. The van der Waals surface area contributed by atoms with E-state index in [1.807, 2.05) is 5.01 Å². The highest BCUT2D eigenvalue weighted by atomic mass is 32.3. The van der Waals surface area contributed by atoms with Crippen LogP contribution in [-0.2, 0) is 10.4 Å². The van der Waals surface area contributed by atoms with Gasteiger partial charge in [-0.2, -0.15) is 8.42 Å². The smallest absolute Gasteiger partial charge is 0.369 e. The van der Waals surface area contributed by atoms with Gasteiger partial charge in [0.25, 0.3) is 0 Å². The number of nitrogens with zero attached hydrogens (tertiary/aromatic N) is 2. The lowest BCUT2D eigenvalue weighted by Crippen LogP contribution is -2.34. The Kier molecular flexibility index (Phi) is 6.40. The molecule has 9 heteroatoms. The molecule has 118 valence electrons. The van der Waals surface area contributed by atoms with Crippen molar-refractivity contribution in [2.45, 2.75) is 18.8 Å². The van der Waals surface area contributed by atoms with Gasteiger partial charge in [-0.25, -0.2) is 0 Å². The molecule has 1 aliphatic rings. The first kappa shape index (κ1) is 17.2. The monoisotopic (exact) mass is 316 g/mol. The normalized spacial score (nSPS) is 15.8. The van der Waals surface area contributed by atoms with E-state index in [-0.39, 0.29) is 5.96 Å². The van der Waals surface area contributed by atoms with E-state index in [0.29, 0.717) is 5.92 Å². The Bertz CT molecular complexity index is 542. The number of guanidine groups is 1. The summed E-state index contributed by atoms with van der Waals surface area (Å²) in [4.78, 5) is 0. The number of hydrogen-bond acceptors (Lipinski definition) is 4. The number of hydrogen-bond donors (Lipinski definition) is 4. The second-order valence-electron chi connectivity index (χ2n) is 4.61. The van der Waals surface area contributed by atoms with Crippen LogP contribution in [-0.4, -0.2) is 41.6 Å². The van der Waals surface area contributed by atoms with Crippen molar-refractivity contribution >= 4 is 16.4 Å². The van der Waals surface area contributed by atoms with Gasteiger partial charge in [0.2, 0.25) is 5.96 Å². The van der Waals surface area contributed by atoms with Crippen LogP contribution in [0.1, 0.15) is 24.3 Å². The zero-order chi connectivity index (χ0) is 15.9. The molecule has 2 rings (SSSR count). The lowest BCUT2D eigenvalue weighted by Gasteiger charge is -2.30. The molecule has 1 aromatic carbocycles. The summed E-state index contributed by atoms with van der Waals surface area (Å²) in [5, 5.41) is 6.02.